The van der Waals surface area contributed by atoms with Gasteiger partial charge in [0, 0.05) is 23.5 Å². The summed E-state index contributed by atoms with van der Waals surface area (Å²) < 4.78 is 6.96. The van der Waals surface area contributed by atoms with Crippen molar-refractivity contribution in [1.29, 1.82) is 0 Å². The summed E-state index contributed by atoms with van der Waals surface area (Å²) in [5, 5.41) is 14.5. The molecule has 8 heteroatoms. The number of fused-ring (bicyclic) bond motifs is 1. The lowest BCUT2D eigenvalue weighted by Crippen LogP contribution is -2.22. The number of nitrogens with zero attached hydrogens (tertiary/aromatic N) is 3. The maximum Gasteiger partial charge on any atom is 0.339 e. The number of anilines is 2. The summed E-state index contributed by atoms with van der Waals surface area (Å²) in [7, 11) is 0. The summed E-state index contributed by atoms with van der Waals surface area (Å²) in [4.78, 5) is 25.0. The molecule has 0 fully saturated rings. The first-order valence-electron chi connectivity index (χ1n) is 10.7. The zero-order valence-corrected chi connectivity index (χ0v) is 18.8. The van der Waals surface area contributed by atoms with E-state index in [1.807, 2.05) is 50.2 Å². The number of aromatic nitrogens is 3. The predicted molar refractivity (Wildman–Crippen MR) is 126 cm³/mol. The van der Waals surface area contributed by atoms with Crippen LogP contribution in [0.4, 0.5) is 11.6 Å². The number of hydrogen-bond acceptors (Lipinski definition) is 6. The molecular weight excluding hydrogens is 418 g/mol. The normalized spacial score (nSPS) is 10.8. The van der Waals surface area contributed by atoms with Crippen molar-refractivity contribution in [2.75, 3.05) is 11.9 Å². The Morgan fingerprint density at radius 1 is 1.06 bits per heavy atom. The summed E-state index contributed by atoms with van der Waals surface area (Å²) in [6.07, 6.45) is 1.58. The number of aryl methyl sites for hydroxylation is 2. The van der Waals surface area contributed by atoms with Gasteiger partial charge in [-0.15, -0.1) is 5.10 Å². The molecule has 0 aliphatic carbocycles. The number of ether oxygens (including phenoxy) is 1. The molecule has 0 atom stereocenters. The number of carbonyl (C=O) groups excluding carboxylic acids is 2. The van der Waals surface area contributed by atoms with Crippen LogP contribution in [0.3, 0.4) is 0 Å². The van der Waals surface area contributed by atoms with Gasteiger partial charge in [0.15, 0.2) is 0 Å². The fourth-order valence-electron chi connectivity index (χ4n) is 3.59. The Bertz CT molecular complexity index is 1310. The second-order valence-electron chi connectivity index (χ2n) is 7.62. The van der Waals surface area contributed by atoms with Crippen LogP contribution in [0.5, 0.6) is 0 Å². The fourth-order valence-corrected chi connectivity index (χ4v) is 3.59. The minimum absolute atomic E-state index is 0.173. The highest BCUT2D eigenvalue weighted by atomic mass is 16.5. The molecule has 33 heavy (non-hydrogen) atoms. The van der Waals surface area contributed by atoms with E-state index in [9.17, 15) is 9.59 Å². The van der Waals surface area contributed by atoms with Crippen molar-refractivity contribution in [2.24, 2.45) is 0 Å². The standard InChI is InChI=1S/C25H25N5O3/c1-4-33-24(32)21-13-20-15-27-29-25(30(20)17(21)3)28-22-12-19(11-10-16(22)2)23(31)26-14-18-8-6-5-7-9-18/h5-13,15H,4,14H2,1-3H3,(H,26,31)(H,28,29). The van der Waals surface area contributed by atoms with Crippen LogP contribution in [0.25, 0.3) is 5.52 Å². The highest BCUT2D eigenvalue weighted by molar-refractivity contribution is 5.95. The number of amides is 1. The van der Waals surface area contributed by atoms with Gasteiger partial charge < -0.3 is 15.4 Å². The van der Waals surface area contributed by atoms with Gasteiger partial charge in [-0.1, -0.05) is 36.4 Å². The van der Waals surface area contributed by atoms with Crippen molar-refractivity contribution in [3.63, 3.8) is 0 Å². The molecule has 8 nitrogen and oxygen atoms in total. The minimum Gasteiger partial charge on any atom is -0.462 e. The fraction of sp³-hybridized carbons (Fsp3) is 0.200. The van der Waals surface area contributed by atoms with Crippen molar-refractivity contribution < 1.29 is 14.3 Å². The van der Waals surface area contributed by atoms with Crippen LogP contribution in [0, 0.1) is 13.8 Å². The highest BCUT2D eigenvalue weighted by Gasteiger charge is 2.18. The SMILES string of the molecule is CCOC(=O)c1cc2cnnc(Nc3cc(C(=O)NCc4ccccc4)ccc3C)n2c1C. The van der Waals surface area contributed by atoms with Crippen molar-refractivity contribution >= 4 is 29.0 Å². The number of benzene rings is 2. The predicted octanol–water partition coefficient (Wildman–Crippen LogP) is 4.20. The van der Waals surface area contributed by atoms with Gasteiger partial charge in [0.25, 0.3) is 5.91 Å². The summed E-state index contributed by atoms with van der Waals surface area (Å²) in [6.45, 7) is 6.27. The van der Waals surface area contributed by atoms with Crippen molar-refractivity contribution in [2.45, 2.75) is 27.3 Å². The second kappa shape index (κ2) is 9.52. The molecular formula is C25H25N5O3. The molecule has 0 saturated carbocycles. The Balaban J connectivity index is 1.60. The first kappa shape index (κ1) is 22.0. The Hall–Kier alpha value is -4.20. The molecule has 4 aromatic rings. The summed E-state index contributed by atoms with van der Waals surface area (Å²) in [6, 6.07) is 16.9. The quantitative estimate of drug-likeness (QED) is 0.416. The van der Waals surface area contributed by atoms with E-state index in [4.69, 9.17) is 4.74 Å². The Labute approximate surface area is 191 Å². The van der Waals surface area contributed by atoms with Crippen LogP contribution in [0.2, 0.25) is 0 Å². The van der Waals surface area contributed by atoms with E-state index in [1.54, 1.807) is 35.7 Å². The third kappa shape index (κ3) is 4.69. The number of esters is 1. The van der Waals surface area contributed by atoms with Crippen LogP contribution >= 0.6 is 0 Å². The minimum atomic E-state index is -0.391. The Morgan fingerprint density at radius 3 is 2.61 bits per heavy atom. The van der Waals surface area contributed by atoms with Gasteiger partial charge in [0.05, 0.1) is 23.9 Å². The summed E-state index contributed by atoms with van der Waals surface area (Å²) in [5.41, 5.74) is 5.06. The number of carbonyl (C=O) groups is 2. The van der Waals surface area contributed by atoms with E-state index in [0.717, 1.165) is 16.8 Å². The largest absolute Gasteiger partial charge is 0.462 e. The number of nitrogens with one attached hydrogen (secondary N) is 2. The van der Waals surface area contributed by atoms with Gasteiger partial charge in [-0.2, -0.15) is 5.10 Å². The van der Waals surface area contributed by atoms with E-state index in [-0.39, 0.29) is 5.91 Å². The molecule has 0 saturated heterocycles. The van der Waals surface area contributed by atoms with Crippen molar-refractivity contribution in [1.82, 2.24) is 19.9 Å². The molecule has 2 aromatic carbocycles. The molecule has 1 amide bonds. The molecule has 0 spiro atoms. The van der Waals surface area contributed by atoms with Gasteiger partial charge in [-0.25, -0.2) is 4.79 Å². The highest BCUT2D eigenvalue weighted by Crippen LogP contribution is 2.25. The molecule has 2 heterocycles. The second-order valence-corrected chi connectivity index (χ2v) is 7.62. The first-order chi connectivity index (χ1) is 16.0. The lowest BCUT2D eigenvalue weighted by atomic mass is 10.1. The van der Waals surface area contributed by atoms with E-state index < -0.39 is 5.97 Å². The van der Waals surface area contributed by atoms with Crippen LogP contribution in [-0.2, 0) is 11.3 Å². The molecule has 2 aromatic heterocycles. The topological polar surface area (TPSA) is 97.6 Å². The van der Waals surface area contributed by atoms with Crippen LogP contribution in [-0.4, -0.2) is 33.1 Å². The monoisotopic (exact) mass is 443 g/mol. The number of rotatable bonds is 7. The Kier molecular flexibility index (Phi) is 6.35. The molecule has 0 bridgehead atoms. The average Bonchev–Trinajstić information content (AvgIpc) is 3.17. The lowest BCUT2D eigenvalue weighted by Gasteiger charge is -2.13. The van der Waals surface area contributed by atoms with E-state index in [2.05, 4.69) is 20.8 Å². The molecule has 0 radical (unpaired) electrons. The average molecular weight is 444 g/mol. The lowest BCUT2D eigenvalue weighted by molar-refractivity contribution is 0.0525. The zero-order chi connectivity index (χ0) is 23.4. The van der Waals surface area contributed by atoms with Gasteiger partial charge >= 0.3 is 5.97 Å². The summed E-state index contributed by atoms with van der Waals surface area (Å²) in [5.74, 6) is -0.128. The van der Waals surface area contributed by atoms with Gasteiger partial charge in [-0.3, -0.25) is 9.20 Å². The van der Waals surface area contributed by atoms with Crippen molar-refractivity contribution in [3.05, 3.63) is 88.7 Å². The van der Waals surface area contributed by atoms with Gasteiger partial charge in [-0.05, 0) is 50.1 Å². The van der Waals surface area contributed by atoms with Gasteiger partial charge in [0.1, 0.15) is 0 Å². The Morgan fingerprint density at radius 2 is 1.85 bits per heavy atom. The van der Waals surface area contributed by atoms with Gasteiger partial charge in [0.2, 0.25) is 5.95 Å². The third-order valence-corrected chi connectivity index (χ3v) is 5.37. The maximum absolute atomic E-state index is 12.7. The number of hydrogen-bond donors (Lipinski definition) is 2. The molecule has 0 unspecified atom stereocenters. The third-order valence-electron chi connectivity index (χ3n) is 5.37. The molecule has 4 rings (SSSR count). The van der Waals surface area contributed by atoms with Crippen LogP contribution in [0.15, 0.2) is 60.8 Å². The molecule has 168 valence electrons. The van der Waals surface area contributed by atoms with Crippen LogP contribution in [0.1, 0.15) is 44.5 Å². The first-order valence-corrected chi connectivity index (χ1v) is 10.7. The summed E-state index contributed by atoms with van der Waals surface area (Å²) >= 11 is 0. The smallest absolute Gasteiger partial charge is 0.339 e. The molecule has 2 N–H and O–H groups in total. The zero-order valence-electron chi connectivity index (χ0n) is 18.8. The molecule has 0 aliphatic heterocycles. The van der Waals surface area contributed by atoms with Crippen LogP contribution < -0.4 is 10.6 Å². The van der Waals surface area contributed by atoms with Crippen molar-refractivity contribution in [3.8, 4) is 0 Å². The van der Waals surface area contributed by atoms with E-state index in [1.165, 1.54) is 0 Å². The maximum atomic E-state index is 12.7. The van der Waals surface area contributed by atoms with E-state index in [0.29, 0.717) is 41.4 Å². The molecule has 0 aliphatic rings. The van der Waals surface area contributed by atoms with E-state index >= 15 is 0 Å².